The molecule has 0 unspecified atom stereocenters. The summed E-state index contributed by atoms with van der Waals surface area (Å²) in [5, 5.41) is 11.9. The predicted molar refractivity (Wildman–Crippen MR) is 86.7 cm³/mol. The quantitative estimate of drug-likeness (QED) is 0.907. The number of ether oxygens (including phenoxy) is 1. The van der Waals surface area contributed by atoms with Crippen molar-refractivity contribution in [3.8, 4) is 0 Å². The highest BCUT2D eigenvalue weighted by Gasteiger charge is 2.32. The Morgan fingerprint density at radius 1 is 1.39 bits per heavy atom. The number of aromatic nitrogens is 5. The van der Waals surface area contributed by atoms with Crippen molar-refractivity contribution in [2.75, 3.05) is 13.2 Å². The van der Waals surface area contributed by atoms with Crippen LogP contribution in [0.4, 0.5) is 0 Å². The van der Waals surface area contributed by atoms with Crippen LogP contribution in [0, 0.1) is 5.92 Å². The Balaban J connectivity index is 1.54. The summed E-state index contributed by atoms with van der Waals surface area (Å²) in [6, 6.07) is 0. The largest absolute Gasteiger partial charge is 0.370 e. The van der Waals surface area contributed by atoms with Crippen LogP contribution >= 0.6 is 0 Å². The molecule has 1 N–H and O–H groups in total. The number of nitrogens with zero attached hydrogens (tertiary/aromatic N) is 5. The van der Waals surface area contributed by atoms with Gasteiger partial charge >= 0.3 is 0 Å². The van der Waals surface area contributed by atoms with Crippen molar-refractivity contribution in [2.24, 2.45) is 13.0 Å². The van der Waals surface area contributed by atoms with Crippen LogP contribution in [0.25, 0.3) is 0 Å². The second-order valence-electron chi connectivity index (χ2n) is 7.19. The van der Waals surface area contributed by atoms with E-state index in [-0.39, 0.29) is 11.6 Å². The molecule has 3 heterocycles. The van der Waals surface area contributed by atoms with Crippen molar-refractivity contribution < 1.29 is 4.74 Å². The first-order valence-electron chi connectivity index (χ1n) is 8.16. The topological polar surface area (TPSA) is 69.8 Å². The van der Waals surface area contributed by atoms with Crippen LogP contribution in [0.3, 0.4) is 0 Å². The van der Waals surface area contributed by atoms with E-state index in [4.69, 9.17) is 4.74 Å². The minimum atomic E-state index is -0.0339. The Morgan fingerprint density at radius 3 is 2.87 bits per heavy atom. The van der Waals surface area contributed by atoms with Gasteiger partial charge in [0, 0.05) is 45.1 Å². The van der Waals surface area contributed by atoms with Crippen molar-refractivity contribution >= 4 is 0 Å². The SMILES string of the molecule is Cn1ccnc1[C@@H]1OCC[C@H]1CNCc1cn(C(C)(C)C)nn1. The van der Waals surface area contributed by atoms with E-state index in [1.54, 1.807) is 0 Å². The fraction of sp³-hybridized carbons (Fsp3) is 0.688. The molecule has 0 spiro atoms. The zero-order chi connectivity index (χ0) is 16.4. The predicted octanol–water partition coefficient (Wildman–Crippen LogP) is 1.63. The summed E-state index contributed by atoms with van der Waals surface area (Å²) in [5.74, 6) is 1.45. The molecule has 1 aliphatic rings. The lowest BCUT2D eigenvalue weighted by Crippen LogP contribution is -2.26. The van der Waals surface area contributed by atoms with Crippen LogP contribution in [0.2, 0.25) is 0 Å². The molecule has 7 heteroatoms. The van der Waals surface area contributed by atoms with Gasteiger partial charge in [-0.3, -0.25) is 0 Å². The number of rotatable bonds is 5. The molecule has 3 rings (SSSR count). The van der Waals surface area contributed by atoms with Gasteiger partial charge < -0.3 is 14.6 Å². The Labute approximate surface area is 137 Å². The van der Waals surface area contributed by atoms with Crippen LogP contribution < -0.4 is 5.32 Å². The smallest absolute Gasteiger partial charge is 0.137 e. The first-order chi connectivity index (χ1) is 10.9. The molecular weight excluding hydrogens is 292 g/mol. The zero-order valence-electron chi connectivity index (χ0n) is 14.4. The van der Waals surface area contributed by atoms with Crippen LogP contribution in [0.15, 0.2) is 18.6 Å². The molecule has 0 saturated carbocycles. The number of hydrogen-bond acceptors (Lipinski definition) is 5. The molecule has 23 heavy (non-hydrogen) atoms. The number of imidazole rings is 1. The summed E-state index contributed by atoms with van der Waals surface area (Å²) in [6.45, 7) is 8.76. The van der Waals surface area contributed by atoms with E-state index in [9.17, 15) is 0 Å². The molecule has 1 aliphatic heterocycles. The highest BCUT2D eigenvalue weighted by atomic mass is 16.5. The molecular formula is C16H26N6O. The van der Waals surface area contributed by atoms with Crippen molar-refractivity contribution in [2.45, 2.75) is 45.4 Å². The summed E-state index contributed by atoms with van der Waals surface area (Å²) in [7, 11) is 2.01. The van der Waals surface area contributed by atoms with Gasteiger partial charge in [-0.15, -0.1) is 5.10 Å². The van der Waals surface area contributed by atoms with Gasteiger partial charge in [-0.1, -0.05) is 5.21 Å². The first-order valence-corrected chi connectivity index (χ1v) is 8.16. The lowest BCUT2D eigenvalue weighted by atomic mass is 10.0. The molecule has 2 aromatic rings. The molecule has 0 aromatic carbocycles. The minimum Gasteiger partial charge on any atom is -0.370 e. The fourth-order valence-corrected chi connectivity index (χ4v) is 2.87. The highest BCUT2D eigenvalue weighted by Crippen LogP contribution is 2.32. The third-order valence-corrected chi connectivity index (χ3v) is 4.27. The van der Waals surface area contributed by atoms with E-state index in [0.29, 0.717) is 5.92 Å². The van der Waals surface area contributed by atoms with Gasteiger partial charge in [0.1, 0.15) is 11.9 Å². The van der Waals surface area contributed by atoms with E-state index in [1.165, 1.54) is 0 Å². The molecule has 7 nitrogen and oxygen atoms in total. The van der Waals surface area contributed by atoms with Crippen molar-refractivity contribution in [1.29, 1.82) is 0 Å². The lowest BCUT2D eigenvalue weighted by Gasteiger charge is -2.18. The summed E-state index contributed by atoms with van der Waals surface area (Å²) in [5.41, 5.74) is 0.931. The van der Waals surface area contributed by atoms with Crippen LogP contribution in [-0.2, 0) is 23.9 Å². The average Bonchev–Trinajstić information content (AvgIpc) is 3.18. The first kappa shape index (κ1) is 16.1. The average molecular weight is 318 g/mol. The Kier molecular flexibility index (Phi) is 4.50. The van der Waals surface area contributed by atoms with Gasteiger partial charge in [0.25, 0.3) is 0 Å². The molecule has 1 saturated heterocycles. The maximum Gasteiger partial charge on any atom is 0.137 e. The molecule has 0 radical (unpaired) electrons. The van der Waals surface area contributed by atoms with Gasteiger partial charge in [0.2, 0.25) is 0 Å². The Hall–Kier alpha value is -1.73. The van der Waals surface area contributed by atoms with Crippen molar-refractivity contribution in [1.82, 2.24) is 29.9 Å². The monoisotopic (exact) mass is 318 g/mol. The lowest BCUT2D eigenvalue weighted by molar-refractivity contribution is 0.0810. The maximum atomic E-state index is 5.89. The van der Waals surface area contributed by atoms with Crippen LogP contribution in [-0.4, -0.2) is 37.7 Å². The van der Waals surface area contributed by atoms with E-state index in [0.717, 1.165) is 37.6 Å². The van der Waals surface area contributed by atoms with Gasteiger partial charge in [-0.25, -0.2) is 9.67 Å². The summed E-state index contributed by atoms with van der Waals surface area (Å²) in [6.07, 6.45) is 6.93. The third kappa shape index (κ3) is 3.61. The van der Waals surface area contributed by atoms with E-state index in [2.05, 4.69) is 41.4 Å². The molecule has 0 bridgehead atoms. The molecule has 2 aromatic heterocycles. The maximum absolute atomic E-state index is 5.89. The van der Waals surface area contributed by atoms with E-state index in [1.807, 2.05) is 34.9 Å². The molecule has 0 amide bonds. The molecule has 2 atom stereocenters. The van der Waals surface area contributed by atoms with Crippen LogP contribution in [0.1, 0.15) is 44.8 Å². The van der Waals surface area contributed by atoms with E-state index < -0.39 is 0 Å². The van der Waals surface area contributed by atoms with Gasteiger partial charge in [-0.2, -0.15) is 0 Å². The van der Waals surface area contributed by atoms with Gasteiger partial charge in [0.05, 0.1) is 17.4 Å². The summed E-state index contributed by atoms with van der Waals surface area (Å²) < 4.78 is 9.83. The second-order valence-corrected chi connectivity index (χ2v) is 7.19. The molecule has 126 valence electrons. The Bertz CT molecular complexity index is 641. The number of nitrogens with one attached hydrogen (secondary N) is 1. The summed E-state index contributed by atoms with van der Waals surface area (Å²) in [4.78, 5) is 4.43. The molecule has 1 fully saturated rings. The van der Waals surface area contributed by atoms with Gasteiger partial charge in [-0.05, 0) is 27.2 Å². The molecule has 0 aliphatic carbocycles. The normalized spacial score (nSPS) is 21.9. The highest BCUT2D eigenvalue weighted by molar-refractivity contribution is 5.01. The Morgan fingerprint density at radius 2 is 2.22 bits per heavy atom. The minimum absolute atomic E-state index is 0.0339. The van der Waals surface area contributed by atoms with E-state index >= 15 is 0 Å². The summed E-state index contributed by atoms with van der Waals surface area (Å²) >= 11 is 0. The van der Waals surface area contributed by atoms with Crippen LogP contribution in [0.5, 0.6) is 0 Å². The van der Waals surface area contributed by atoms with Crippen molar-refractivity contribution in [3.05, 3.63) is 30.1 Å². The number of aryl methyl sites for hydroxylation is 1. The standard InChI is InChI=1S/C16H26N6O/c1-16(2,3)22-11-13(19-20-22)10-17-9-12-5-8-23-14(12)15-18-6-7-21(15)4/h6-7,11-12,14,17H,5,8-10H2,1-4H3/t12-,14+/m0/s1. The third-order valence-electron chi connectivity index (χ3n) is 4.27. The number of hydrogen-bond donors (Lipinski definition) is 1. The van der Waals surface area contributed by atoms with Crippen molar-refractivity contribution in [3.63, 3.8) is 0 Å². The second kappa shape index (κ2) is 6.41. The zero-order valence-corrected chi connectivity index (χ0v) is 14.4. The van der Waals surface area contributed by atoms with Gasteiger partial charge in [0.15, 0.2) is 0 Å². The fourth-order valence-electron chi connectivity index (χ4n) is 2.87.